The van der Waals surface area contributed by atoms with Crippen LogP contribution in [0.5, 0.6) is 0 Å². The van der Waals surface area contributed by atoms with Crippen molar-refractivity contribution in [3.05, 3.63) is 0 Å². The molecule has 0 aromatic carbocycles. The van der Waals surface area contributed by atoms with Crippen molar-refractivity contribution in [2.45, 2.75) is 83.2 Å². The van der Waals surface area contributed by atoms with Crippen LogP contribution in [0.15, 0.2) is 0 Å². The second-order valence-electron chi connectivity index (χ2n) is 9.77. The van der Waals surface area contributed by atoms with Crippen LogP contribution >= 0.6 is 0 Å². The number of fused-ring (bicyclic) bond motifs is 5. The van der Waals surface area contributed by atoms with Gasteiger partial charge in [-0.25, -0.2) is 0 Å². The van der Waals surface area contributed by atoms with Gasteiger partial charge < -0.3 is 19.3 Å². The van der Waals surface area contributed by atoms with Gasteiger partial charge in [-0.15, -0.1) is 0 Å². The van der Waals surface area contributed by atoms with Crippen LogP contribution in [-0.4, -0.2) is 43.3 Å². The van der Waals surface area contributed by atoms with E-state index >= 15 is 0 Å². The molecule has 0 saturated heterocycles. The van der Waals surface area contributed by atoms with Gasteiger partial charge in [0.25, 0.3) is 0 Å². The van der Waals surface area contributed by atoms with Gasteiger partial charge in [0.05, 0.1) is 6.10 Å². The number of esters is 1. The molecule has 4 fully saturated rings. The summed E-state index contributed by atoms with van der Waals surface area (Å²) in [5.41, 5.74) is 0.0270. The van der Waals surface area contributed by atoms with Gasteiger partial charge in [-0.2, -0.15) is 0 Å². The number of rotatable bonds is 3. The van der Waals surface area contributed by atoms with Crippen molar-refractivity contribution in [1.82, 2.24) is 0 Å². The molecule has 0 radical (unpaired) electrons. The van der Waals surface area contributed by atoms with Gasteiger partial charge in [0, 0.05) is 33.0 Å². The molecule has 4 saturated carbocycles. The number of methoxy groups -OCH3 is 2. The third-order valence-electron chi connectivity index (χ3n) is 8.99. The minimum Gasteiger partial charge on any atom is -0.463 e. The lowest BCUT2D eigenvalue weighted by Gasteiger charge is -2.58. The number of aliphatic hydroxyl groups is 1. The summed E-state index contributed by atoms with van der Waals surface area (Å²) in [6, 6.07) is 0. The fraction of sp³-hybridized carbons (Fsp3) is 0.955. The highest BCUT2D eigenvalue weighted by Gasteiger charge is 2.65. The van der Waals surface area contributed by atoms with Crippen molar-refractivity contribution in [1.29, 1.82) is 0 Å². The summed E-state index contributed by atoms with van der Waals surface area (Å²) >= 11 is 0. The normalized spacial score (nSPS) is 48.3. The Hall–Kier alpha value is -0.650. The van der Waals surface area contributed by atoms with Gasteiger partial charge in [-0.1, -0.05) is 6.92 Å². The van der Waals surface area contributed by atoms with Crippen molar-refractivity contribution in [3.8, 4) is 0 Å². The van der Waals surface area contributed by atoms with E-state index in [2.05, 4.69) is 6.92 Å². The van der Waals surface area contributed by atoms with E-state index in [0.717, 1.165) is 44.9 Å². The van der Waals surface area contributed by atoms with Gasteiger partial charge in [0.1, 0.15) is 6.10 Å². The Morgan fingerprint density at radius 2 is 1.63 bits per heavy atom. The summed E-state index contributed by atoms with van der Waals surface area (Å²) in [6.45, 7) is 3.84. The molecular weight excluding hydrogens is 344 g/mol. The lowest BCUT2D eigenvalue weighted by molar-refractivity contribution is -0.280. The highest BCUT2D eigenvalue weighted by atomic mass is 16.7. The Balaban J connectivity index is 1.54. The van der Waals surface area contributed by atoms with Crippen LogP contribution < -0.4 is 0 Å². The zero-order valence-corrected chi connectivity index (χ0v) is 17.3. The first-order valence-electron chi connectivity index (χ1n) is 10.8. The minimum atomic E-state index is -0.475. The molecule has 0 bridgehead atoms. The van der Waals surface area contributed by atoms with E-state index in [9.17, 15) is 9.90 Å². The summed E-state index contributed by atoms with van der Waals surface area (Å²) in [4.78, 5) is 11.4. The summed E-state index contributed by atoms with van der Waals surface area (Å²) < 4.78 is 17.4. The lowest BCUT2D eigenvalue weighted by Crippen LogP contribution is -2.57. The molecule has 4 rings (SSSR count). The molecule has 5 heteroatoms. The maximum atomic E-state index is 11.4. The predicted molar refractivity (Wildman–Crippen MR) is 101 cm³/mol. The highest BCUT2D eigenvalue weighted by Crippen LogP contribution is 2.66. The SMILES string of the molecule is COC1(OC)CC[C@H]2[C@@H]3CC(O)C4C[C@@H](OC(C)=O)CC[C@@H]4[C@H]3CC[C@@]21C. The molecule has 8 atom stereocenters. The molecule has 0 aromatic heterocycles. The Labute approximate surface area is 163 Å². The van der Waals surface area contributed by atoms with Crippen molar-refractivity contribution >= 4 is 5.97 Å². The summed E-state index contributed by atoms with van der Waals surface area (Å²) in [5, 5.41) is 11.0. The Morgan fingerprint density at radius 3 is 2.30 bits per heavy atom. The smallest absolute Gasteiger partial charge is 0.302 e. The molecule has 4 aliphatic rings. The molecule has 0 aromatic rings. The van der Waals surface area contributed by atoms with Crippen molar-refractivity contribution in [3.63, 3.8) is 0 Å². The van der Waals surface area contributed by atoms with Crippen LogP contribution in [0.1, 0.15) is 65.2 Å². The van der Waals surface area contributed by atoms with E-state index in [0.29, 0.717) is 23.7 Å². The molecule has 2 unspecified atom stereocenters. The molecule has 1 N–H and O–H groups in total. The fourth-order valence-electron chi connectivity index (χ4n) is 7.86. The average Bonchev–Trinajstić information content (AvgIpc) is 2.94. The van der Waals surface area contributed by atoms with Gasteiger partial charge in [0.2, 0.25) is 0 Å². The second kappa shape index (κ2) is 7.00. The van der Waals surface area contributed by atoms with Crippen LogP contribution in [0.4, 0.5) is 0 Å². The zero-order valence-electron chi connectivity index (χ0n) is 17.3. The minimum absolute atomic E-state index is 0.00933. The fourth-order valence-corrected chi connectivity index (χ4v) is 7.86. The predicted octanol–water partition coefficient (Wildman–Crippen LogP) is 3.53. The van der Waals surface area contributed by atoms with Crippen LogP contribution in [0.25, 0.3) is 0 Å². The maximum absolute atomic E-state index is 11.4. The lowest BCUT2D eigenvalue weighted by atomic mass is 9.49. The number of carbonyl (C=O) groups excluding carboxylic acids is 1. The van der Waals surface area contributed by atoms with Crippen LogP contribution in [0.2, 0.25) is 0 Å². The highest BCUT2D eigenvalue weighted by molar-refractivity contribution is 5.66. The Kier molecular flexibility index (Phi) is 5.09. The summed E-state index contributed by atoms with van der Waals surface area (Å²) in [7, 11) is 3.57. The van der Waals surface area contributed by atoms with E-state index in [4.69, 9.17) is 14.2 Å². The first kappa shape index (κ1) is 19.7. The third kappa shape index (κ3) is 2.87. The average molecular weight is 381 g/mol. The molecule has 0 amide bonds. The third-order valence-corrected chi connectivity index (χ3v) is 8.99. The largest absolute Gasteiger partial charge is 0.463 e. The molecule has 0 heterocycles. The standard InChI is InChI=1S/C22H36O5/c1-13(23)27-14-5-6-15-16-7-9-21(2)19(8-10-22(21,25-3)26-4)17(16)12-20(24)18(15)11-14/h14-20,24H,5-12H2,1-4H3/t14-,15+,16+,17+,18?,19-,20?,21-/m0/s1. The van der Waals surface area contributed by atoms with E-state index in [1.165, 1.54) is 13.3 Å². The van der Waals surface area contributed by atoms with Gasteiger partial charge in [-0.3, -0.25) is 4.79 Å². The van der Waals surface area contributed by atoms with Crippen LogP contribution in [0, 0.1) is 35.0 Å². The quantitative estimate of drug-likeness (QED) is 0.599. The maximum Gasteiger partial charge on any atom is 0.302 e. The molecular formula is C22H36O5. The van der Waals surface area contributed by atoms with E-state index in [1.807, 2.05) is 0 Å². The number of aliphatic hydroxyl groups excluding tert-OH is 1. The zero-order chi connectivity index (χ0) is 19.4. The molecule has 5 nitrogen and oxygen atoms in total. The van der Waals surface area contributed by atoms with E-state index in [-0.39, 0.29) is 29.5 Å². The van der Waals surface area contributed by atoms with Gasteiger partial charge in [0.15, 0.2) is 5.79 Å². The Bertz CT molecular complexity index is 573. The molecule has 0 aliphatic heterocycles. The summed E-state index contributed by atoms with van der Waals surface area (Å²) in [5.74, 6) is 1.96. The van der Waals surface area contributed by atoms with Crippen molar-refractivity contribution in [2.75, 3.05) is 14.2 Å². The number of carbonyl (C=O) groups is 1. The first-order valence-corrected chi connectivity index (χ1v) is 10.8. The molecule has 154 valence electrons. The van der Waals surface area contributed by atoms with E-state index < -0.39 is 5.79 Å². The molecule has 4 aliphatic carbocycles. The second-order valence-corrected chi connectivity index (χ2v) is 9.77. The monoisotopic (exact) mass is 380 g/mol. The van der Waals surface area contributed by atoms with Crippen LogP contribution in [-0.2, 0) is 19.0 Å². The van der Waals surface area contributed by atoms with Crippen LogP contribution in [0.3, 0.4) is 0 Å². The van der Waals surface area contributed by atoms with Crippen molar-refractivity contribution < 1.29 is 24.1 Å². The number of hydrogen-bond donors (Lipinski definition) is 1. The number of ether oxygens (including phenoxy) is 3. The van der Waals surface area contributed by atoms with E-state index in [1.54, 1.807) is 14.2 Å². The Morgan fingerprint density at radius 1 is 0.926 bits per heavy atom. The van der Waals surface area contributed by atoms with Gasteiger partial charge in [-0.05, 0) is 74.5 Å². The van der Waals surface area contributed by atoms with Crippen molar-refractivity contribution in [2.24, 2.45) is 35.0 Å². The van der Waals surface area contributed by atoms with Gasteiger partial charge >= 0.3 is 5.97 Å². The summed E-state index contributed by atoms with van der Waals surface area (Å²) in [6.07, 6.45) is 7.83. The molecule has 27 heavy (non-hydrogen) atoms. The number of hydrogen-bond acceptors (Lipinski definition) is 5. The topological polar surface area (TPSA) is 65.0 Å². The first-order chi connectivity index (χ1) is 12.8. The molecule has 0 spiro atoms.